The highest BCUT2D eigenvalue weighted by Crippen LogP contribution is 2.07. The Balaban J connectivity index is 1.72. The molecule has 0 saturated heterocycles. The first-order valence-electron chi connectivity index (χ1n) is 7.74. The summed E-state index contributed by atoms with van der Waals surface area (Å²) < 4.78 is 5.44. The van der Waals surface area contributed by atoms with Crippen LogP contribution in [0.25, 0.3) is 0 Å². The molecule has 0 aliphatic rings. The van der Waals surface area contributed by atoms with Crippen LogP contribution >= 0.6 is 0 Å². The van der Waals surface area contributed by atoms with Crippen molar-refractivity contribution >= 4 is 11.9 Å². The molecule has 1 amide bonds. The zero-order chi connectivity index (χ0) is 17.4. The Kier molecular flexibility index (Phi) is 6.51. The lowest BCUT2D eigenvalue weighted by molar-refractivity contribution is -0.135. The van der Waals surface area contributed by atoms with E-state index in [-0.39, 0.29) is 18.1 Å². The first-order chi connectivity index (χ1) is 11.6. The van der Waals surface area contributed by atoms with Crippen LogP contribution in [0, 0.1) is 0 Å². The number of amides is 1. The summed E-state index contributed by atoms with van der Waals surface area (Å²) in [5.74, 6) is -1.07. The molecule has 0 spiro atoms. The van der Waals surface area contributed by atoms with E-state index in [1.807, 2.05) is 30.3 Å². The number of rotatable bonds is 8. The van der Waals surface area contributed by atoms with Gasteiger partial charge in [-0.2, -0.15) is 0 Å². The minimum absolute atomic E-state index is 0.0382. The molecule has 1 N–H and O–H groups in total. The van der Waals surface area contributed by atoms with Crippen LogP contribution in [-0.2, 0) is 22.5 Å². The first kappa shape index (κ1) is 17.7. The largest absolute Gasteiger partial charge is 0.478 e. The van der Waals surface area contributed by atoms with Gasteiger partial charge < -0.3 is 14.7 Å². The fourth-order valence-corrected chi connectivity index (χ4v) is 2.22. The van der Waals surface area contributed by atoms with Crippen molar-refractivity contribution in [2.45, 2.75) is 13.0 Å². The lowest BCUT2D eigenvalue weighted by atomic mass is 10.1. The van der Waals surface area contributed by atoms with Crippen molar-refractivity contribution in [3.63, 3.8) is 0 Å². The number of hydrogen-bond donors (Lipinski definition) is 1. The maximum Gasteiger partial charge on any atom is 0.335 e. The topological polar surface area (TPSA) is 66.8 Å². The molecule has 0 aliphatic carbocycles. The Morgan fingerprint density at radius 2 is 1.67 bits per heavy atom. The van der Waals surface area contributed by atoms with Crippen LogP contribution in [0.1, 0.15) is 21.5 Å². The predicted octanol–water partition coefficient (Wildman–Crippen LogP) is 2.60. The molecule has 0 fully saturated rings. The average Bonchev–Trinajstić information content (AvgIpc) is 2.60. The lowest BCUT2D eigenvalue weighted by Gasteiger charge is -2.17. The van der Waals surface area contributed by atoms with E-state index in [0.29, 0.717) is 13.2 Å². The van der Waals surface area contributed by atoms with Crippen molar-refractivity contribution in [3.8, 4) is 0 Å². The van der Waals surface area contributed by atoms with Crippen molar-refractivity contribution in [2.75, 3.05) is 20.3 Å². The van der Waals surface area contributed by atoms with Crippen LogP contribution in [-0.4, -0.2) is 42.1 Å². The molecule has 0 atom stereocenters. The standard InChI is InChI=1S/C19H21NO4/c1-20(13-16-7-9-17(10-8-16)19(22)23)18(21)14-24-12-11-15-5-3-2-4-6-15/h2-10H,11-14H2,1H3,(H,22,23). The molecule has 2 aromatic carbocycles. The maximum absolute atomic E-state index is 12.0. The Morgan fingerprint density at radius 3 is 2.29 bits per heavy atom. The van der Waals surface area contributed by atoms with Crippen LogP contribution in [0.5, 0.6) is 0 Å². The average molecular weight is 327 g/mol. The molecule has 0 bridgehead atoms. The number of likely N-dealkylation sites (N-methyl/N-ethyl adjacent to an activating group) is 1. The first-order valence-corrected chi connectivity index (χ1v) is 7.74. The Labute approximate surface area is 141 Å². The smallest absolute Gasteiger partial charge is 0.335 e. The maximum atomic E-state index is 12.0. The van der Waals surface area contributed by atoms with Gasteiger partial charge in [0.1, 0.15) is 6.61 Å². The molecule has 0 radical (unpaired) electrons. The van der Waals surface area contributed by atoms with Crippen molar-refractivity contribution in [1.29, 1.82) is 0 Å². The van der Waals surface area contributed by atoms with E-state index >= 15 is 0 Å². The van der Waals surface area contributed by atoms with Gasteiger partial charge in [-0.05, 0) is 29.7 Å². The summed E-state index contributed by atoms with van der Waals surface area (Å²) in [6.07, 6.45) is 0.772. The summed E-state index contributed by atoms with van der Waals surface area (Å²) in [6.45, 7) is 0.953. The van der Waals surface area contributed by atoms with Gasteiger partial charge in [0.15, 0.2) is 0 Å². The molecule has 5 nitrogen and oxygen atoms in total. The molecule has 0 heterocycles. The lowest BCUT2D eigenvalue weighted by Crippen LogP contribution is -2.30. The summed E-state index contributed by atoms with van der Waals surface area (Å²) in [7, 11) is 1.70. The van der Waals surface area contributed by atoms with Gasteiger partial charge in [0.2, 0.25) is 5.91 Å². The molecule has 0 aromatic heterocycles. The number of carboxylic acid groups (broad SMARTS) is 1. The second-order valence-corrected chi connectivity index (χ2v) is 5.54. The number of nitrogens with zero attached hydrogens (tertiary/aromatic N) is 1. The van der Waals surface area contributed by atoms with Crippen LogP contribution in [0.4, 0.5) is 0 Å². The highest BCUT2D eigenvalue weighted by molar-refractivity contribution is 5.87. The van der Waals surface area contributed by atoms with Gasteiger partial charge in [-0.3, -0.25) is 4.79 Å². The van der Waals surface area contributed by atoms with E-state index in [4.69, 9.17) is 9.84 Å². The van der Waals surface area contributed by atoms with Gasteiger partial charge in [-0.25, -0.2) is 4.79 Å². The number of hydrogen-bond acceptors (Lipinski definition) is 3. The molecule has 2 aromatic rings. The van der Waals surface area contributed by atoms with Crippen LogP contribution < -0.4 is 0 Å². The van der Waals surface area contributed by atoms with Crippen LogP contribution in [0.2, 0.25) is 0 Å². The van der Waals surface area contributed by atoms with E-state index in [1.165, 1.54) is 17.7 Å². The Bertz CT molecular complexity index is 668. The molecule has 5 heteroatoms. The van der Waals surface area contributed by atoms with E-state index < -0.39 is 5.97 Å². The fourth-order valence-electron chi connectivity index (χ4n) is 2.22. The van der Waals surface area contributed by atoms with Crippen molar-refractivity contribution in [1.82, 2.24) is 4.90 Å². The Hall–Kier alpha value is -2.66. The van der Waals surface area contributed by atoms with E-state index in [2.05, 4.69) is 0 Å². The van der Waals surface area contributed by atoms with Crippen molar-refractivity contribution in [2.24, 2.45) is 0 Å². The SMILES string of the molecule is CN(Cc1ccc(C(=O)O)cc1)C(=O)COCCc1ccccc1. The van der Waals surface area contributed by atoms with Gasteiger partial charge >= 0.3 is 5.97 Å². The molecule has 24 heavy (non-hydrogen) atoms. The molecule has 0 saturated carbocycles. The van der Waals surface area contributed by atoms with E-state index in [1.54, 1.807) is 24.1 Å². The second kappa shape index (κ2) is 8.84. The summed E-state index contributed by atoms with van der Waals surface area (Å²) in [5, 5.41) is 8.87. The van der Waals surface area contributed by atoms with Gasteiger partial charge in [-0.1, -0.05) is 42.5 Å². The van der Waals surface area contributed by atoms with E-state index in [0.717, 1.165) is 12.0 Å². The number of carboxylic acids is 1. The van der Waals surface area contributed by atoms with E-state index in [9.17, 15) is 9.59 Å². The number of carbonyl (C=O) groups is 2. The zero-order valence-electron chi connectivity index (χ0n) is 13.6. The highest BCUT2D eigenvalue weighted by atomic mass is 16.5. The van der Waals surface area contributed by atoms with Crippen molar-refractivity contribution in [3.05, 3.63) is 71.3 Å². The van der Waals surface area contributed by atoms with Crippen LogP contribution in [0.15, 0.2) is 54.6 Å². The summed E-state index contributed by atoms with van der Waals surface area (Å²) in [5.41, 5.74) is 2.29. The minimum atomic E-state index is -0.960. The second-order valence-electron chi connectivity index (χ2n) is 5.54. The number of aromatic carboxylic acids is 1. The molecular weight excluding hydrogens is 306 g/mol. The number of benzene rings is 2. The molecule has 0 unspecified atom stereocenters. The predicted molar refractivity (Wildman–Crippen MR) is 90.8 cm³/mol. The van der Waals surface area contributed by atoms with Crippen LogP contribution in [0.3, 0.4) is 0 Å². The minimum Gasteiger partial charge on any atom is -0.478 e. The van der Waals surface area contributed by atoms with Crippen molar-refractivity contribution < 1.29 is 19.4 Å². The summed E-state index contributed by atoms with van der Waals surface area (Å²) in [4.78, 5) is 24.4. The van der Waals surface area contributed by atoms with Gasteiger partial charge in [0.25, 0.3) is 0 Å². The highest BCUT2D eigenvalue weighted by Gasteiger charge is 2.10. The molecule has 2 rings (SSSR count). The number of ether oxygens (including phenoxy) is 1. The van der Waals surface area contributed by atoms with Gasteiger partial charge in [0, 0.05) is 13.6 Å². The fraction of sp³-hybridized carbons (Fsp3) is 0.263. The molecule has 126 valence electrons. The number of carbonyl (C=O) groups excluding carboxylic acids is 1. The Morgan fingerprint density at radius 1 is 1.00 bits per heavy atom. The third-order valence-electron chi connectivity index (χ3n) is 3.65. The molecule has 0 aliphatic heterocycles. The third kappa shape index (κ3) is 5.52. The summed E-state index contributed by atoms with van der Waals surface area (Å²) in [6, 6.07) is 16.5. The van der Waals surface area contributed by atoms with Gasteiger partial charge in [-0.15, -0.1) is 0 Å². The monoisotopic (exact) mass is 327 g/mol. The molecular formula is C19H21NO4. The zero-order valence-corrected chi connectivity index (χ0v) is 13.6. The quantitative estimate of drug-likeness (QED) is 0.757. The normalized spacial score (nSPS) is 10.4. The third-order valence-corrected chi connectivity index (χ3v) is 3.65. The van der Waals surface area contributed by atoms with Gasteiger partial charge in [0.05, 0.1) is 12.2 Å². The summed E-state index contributed by atoms with van der Waals surface area (Å²) >= 11 is 0.